The first-order chi connectivity index (χ1) is 13.2. The van der Waals surface area contributed by atoms with Crippen molar-refractivity contribution in [1.29, 1.82) is 0 Å². The van der Waals surface area contributed by atoms with Crippen LogP contribution < -0.4 is 20.1 Å². The van der Waals surface area contributed by atoms with Crippen LogP contribution in [0, 0.1) is 0 Å². The van der Waals surface area contributed by atoms with Crippen LogP contribution in [-0.4, -0.2) is 26.8 Å². The molecule has 1 atom stereocenters. The van der Waals surface area contributed by atoms with Crippen molar-refractivity contribution in [2.24, 2.45) is 0 Å². The molecule has 1 aromatic carbocycles. The molecule has 0 radical (unpaired) electrons. The summed E-state index contributed by atoms with van der Waals surface area (Å²) in [6, 6.07) is 11.1. The average molecular weight is 386 g/mol. The number of furan rings is 1. The number of carbonyl (C=O) groups excluding carboxylic acids is 1. The molecular weight excluding hydrogens is 364 g/mol. The summed E-state index contributed by atoms with van der Waals surface area (Å²) in [4.78, 5) is 12.2. The van der Waals surface area contributed by atoms with E-state index < -0.39 is 0 Å². The fourth-order valence-corrected chi connectivity index (χ4v) is 3.49. The second-order valence-corrected chi connectivity index (χ2v) is 6.66. The van der Waals surface area contributed by atoms with Gasteiger partial charge in [0, 0.05) is 13.1 Å². The molecule has 0 aliphatic carbocycles. The third kappa shape index (κ3) is 4.83. The fraction of sp³-hybridized carbons (Fsp3) is 0.250. The molecule has 0 spiro atoms. The van der Waals surface area contributed by atoms with Gasteiger partial charge in [-0.3, -0.25) is 0 Å². The Morgan fingerprint density at radius 3 is 2.67 bits per heavy atom. The van der Waals surface area contributed by atoms with Crippen molar-refractivity contribution in [2.75, 3.05) is 20.8 Å². The number of methoxy groups -OCH3 is 2. The highest BCUT2D eigenvalue weighted by atomic mass is 32.1. The largest absolute Gasteiger partial charge is 0.493 e. The quantitative estimate of drug-likeness (QED) is 0.614. The van der Waals surface area contributed by atoms with Gasteiger partial charge in [-0.25, -0.2) is 4.79 Å². The Balaban J connectivity index is 1.56. The van der Waals surface area contributed by atoms with Crippen molar-refractivity contribution in [3.8, 4) is 11.5 Å². The molecule has 3 aromatic rings. The van der Waals surface area contributed by atoms with Gasteiger partial charge in [-0.1, -0.05) is 6.07 Å². The molecule has 0 saturated heterocycles. The second kappa shape index (κ2) is 9.14. The van der Waals surface area contributed by atoms with Crippen LogP contribution >= 0.6 is 11.3 Å². The van der Waals surface area contributed by atoms with E-state index in [0.717, 1.165) is 16.9 Å². The summed E-state index contributed by atoms with van der Waals surface area (Å²) in [5.41, 5.74) is 2.04. The normalized spacial score (nSPS) is 11.6. The molecule has 7 heteroatoms. The highest BCUT2D eigenvalue weighted by molar-refractivity contribution is 7.08. The molecule has 2 heterocycles. The monoisotopic (exact) mass is 386 g/mol. The van der Waals surface area contributed by atoms with Gasteiger partial charge in [-0.05, 0) is 52.2 Å². The predicted molar refractivity (Wildman–Crippen MR) is 105 cm³/mol. The lowest BCUT2D eigenvalue weighted by Crippen LogP contribution is -2.37. The minimum Gasteiger partial charge on any atom is -0.493 e. The summed E-state index contributed by atoms with van der Waals surface area (Å²) < 4.78 is 16.0. The van der Waals surface area contributed by atoms with Crippen LogP contribution in [0.4, 0.5) is 4.79 Å². The minimum atomic E-state index is -0.239. The number of carbonyl (C=O) groups is 1. The lowest BCUT2D eigenvalue weighted by Gasteiger charge is -2.15. The Hall–Kier alpha value is -2.93. The average Bonchev–Trinajstić information content (AvgIpc) is 3.41. The number of hydrogen-bond donors (Lipinski definition) is 2. The van der Waals surface area contributed by atoms with E-state index in [1.54, 1.807) is 31.8 Å². The number of ether oxygens (including phenoxy) is 2. The number of nitrogens with one attached hydrogen (secondary N) is 2. The maximum absolute atomic E-state index is 12.2. The summed E-state index contributed by atoms with van der Waals surface area (Å²) in [5, 5.41) is 9.86. The van der Waals surface area contributed by atoms with Crippen LogP contribution in [0.1, 0.15) is 22.8 Å². The predicted octanol–water partition coefficient (Wildman–Crippen LogP) is 3.99. The topological polar surface area (TPSA) is 72.7 Å². The van der Waals surface area contributed by atoms with Crippen LogP contribution in [0.5, 0.6) is 11.5 Å². The zero-order valence-corrected chi connectivity index (χ0v) is 16.0. The van der Waals surface area contributed by atoms with Crippen LogP contribution in [0.25, 0.3) is 0 Å². The Morgan fingerprint density at radius 1 is 1.15 bits per heavy atom. The summed E-state index contributed by atoms with van der Waals surface area (Å²) in [5.74, 6) is 2.10. The van der Waals surface area contributed by atoms with Gasteiger partial charge in [-0.15, -0.1) is 0 Å². The Bertz CT molecular complexity index is 813. The second-order valence-electron chi connectivity index (χ2n) is 5.88. The van der Waals surface area contributed by atoms with Crippen LogP contribution in [0.3, 0.4) is 0 Å². The fourth-order valence-electron chi connectivity index (χ4n) is 2.78. The number of urea groups is 1. The Kier molecular flexibility index (Phi) is 6.38. The van der Waals surface area contributed by atoms with Gasteiger partial charge in [0.05, 0.1) is 26.4 Å². The molecule has 6 nitrogen and oxygen atoms in total. The van der Waals surface area contributed by atoms with E-state index in [1.165, 1.54) is 0 Å². The summed E-state index contributed by atoms with van der Waals surface area (Å²) in [7, 11) is 3.17. The molecule has 3 rings (SSSR count). The summed E-state index contributed by atoms with van der Waals surface area (Å²) in [6.45, 7) is 0.831. The third-order valence-corrected chi connectivity index (χ3v) is 4.90. The molecule has 2 amide bonds. The van der Waals surface area contributed by atoms with Gasteiger partial charge < -0.3 is 24.5 Å². The first-order valence-corrected chi connectivity index (χ1v) is 9.43. The molecule has 0 aliphatic heterocycles. The molecule has 0 aliphatic rings. The molecule has 0 saturated carbocycles. The zero-order chi connectivity index (χ0) is 19.1. The lowest BCUT2D eigenvalue weighted by molar-refractivity contribution is 0.240. The SMILES string of the molecule is COc1ccc(CNC(=O)NCC(c2ccsc2)c2ccco2)cc1OC. The molecule has 0 bridgehead atoms. The number of hydrogen-bond acceptors (Lipinski definition) is 5. The van der Waals surface area contributed by atoms with Crippen LogP contribution in [0.15, 0.2) is 57.8 Å². The molecule has 2 aromatic heterocycles. The smallest absolute Gasteiger partial charge is 0.315 e. The van der Waals surface area contributed by atoms with E-state index in [1.807, 2.05) is 41.8 Å². The van der Waals surface area contributed by atoms with Crippen molar-refractivity contribution in [1.82, 2.24) is 10.6 Å². The lowest BCUT2D eigenvalue weighted by atomic mass is 9.99. The third-order valence-electron chi connectivity index (χ3n) is 4.20. The number of rotatable bonds is 8. The molecule has 2 N–H and O–H groups in total. The van der Waals surface area contributed by atoms with Gasteiger partial charge in [-0.2, -0.15) is 11.3 Å². The van der Waals surface area contributed by atoms with Crippen molar-refractivity contribution < 1.29 is 18.7 Å². The zero-order valence-electron chi connectivity index (χ0n) is 15.2. The van der Waals surface area contributed by atoms with Crippen LogP contribution in [-0.2, 0) is 6.54 Å². The van der Waals surface area contributed by atoms with E-state index in [2.05, 4.69) is 16.0 Å². The van der Waals surface area contributed by atoms with Gasteiger partial charge in [0.15, 0.2) is 11.5 Å². The highest BCUT2D eigenvalue weighted by Crippen LogP contribution is 2.28. The number of amides is 2. The molecule has 27 heavy (non-hydrogen) atoms. The van der Waals surface area contributed by atoms with Gasteiger partial charge >= 0.3 is 6.03 Å². The maximum atomic E-state index is 12.2. The van der Waals surface area contributed by atoms with E-state index in [-0.39, 0.29) is 11.9 Å². The van der Waals surface area contributed by atoms with Crippen molar-refractivity contribution in [2.45, 2.75) is 12.5 Å². The van der Waals surface area contributed by atoms with Crippen molar-refractivity contribution >= 4 is 17.4 Å². The van der Waals surface area contributed by atoms with Crippen molar-refractivity contribution in [3.05, 3.63) is 70.3 Å². The first kappa shape index (κ1) is 18.8. The van der Waals surface area contributed by atoms with E-state index in [0.29, 0.717) is 24.6 Å². The summed E-state index contributed by atoms with van der Waals surface area (Å²) >= 11 is 1.62. The number of thiophene rings is 1. The van der Waals surface area contributed by atoms with Gasteiger partial charge in [0.1, 0.15) is 5.76 Å². The molecule has 142 valence electrons. The minimum absolute atomic E-state index is 0.0157. The molecule has 0 fully saturated rings. The maximum Gasteiger partial charge on any atom is 0.315 e. The standard InChI is InChI=1S/C20H22N2O4S/c1-24-18-6-5-14(10-19(18)25-2)11-21-20(23)22-12-16(15-7-9-27-13-15)17-4-3-8-26-17/h3-10,13,16H,11-12H2,1-2H3,(H2,21,22,23). The molecule has 1 unspecified atom stereocenters. The van der Waals surface area contributed by atoms with E-state index >= 15 is 0 Å². The highest BCUT2D eigenvalue weighted by Gasteiger charge is 2.18. The van der Waals surface area contributed by atoms with Crippen LogP contribution in [0.2, 0.25) is 0 Å². The van der Waals surface area contributed by atoms with E-state index in [4.69, 9.17) is 13.9 Å². The first-order valence-electron chi connectivity index (χ1n) is 8.49. The Labute approximate surface area is 162 Å². The number of benzene rings is 1. The summed E-state index contributed by atoms with van der Waals surface area (Å²) in [6.07, 6.45) is 1.64. The van der Waals surface area contributed by atoms with Crippen molar-refractivity contribution in [3.63, 3.8) is 0 Å². The van der Waals surface area contributed by atoms with Gasteiger partial charge in [0.25, 0.3) is 0 Å². The Morgan fingerprint density at radius 2 is 2.00 bits per heavy atom. The van der Waals surface area contributed by atoms with Gasteiger partial charge in [0.2, 0.25) is 0 Å². The van der Waals surface area contributed by atoms with E-state index in [9.17, 15) is 4.79 Å². The molecular formula is C20H22N2O4S.